The molecule has 108 valence electrons. The van der Waals surface area contributed by atoms with Crippen molar-refractivity contribution < 1.29 is 8.42 Å². The summed E-state index contributed by atoms with van der Waals surface area (Å²) in [6.45, 7) is 7.84. The molecule has 0 aliphatic rings. The van der Waals surface area contributed by atoms with Crippen LogP contribution in [0.25, 0.3) is 0 Å². The molecule has 19 heavy (non-hydrogen) atoms. The van der Waals surface area contributed by atoms with E-state index < -0.39 is 10.0 Å². The molecule has 3 atom stereocenters. The van der Waals surface area contributed by atoms with Crippen molar-refractivity contribution in [2.24, 2.45) is 11.7 Å². The lowest BCUT2D eigenvalue weighted by Crippen LogP contribution is -2.36. The van der Waals surface area contributed by atoms with Crippen LogP contribution < -0.4 is 10.5 Å². The Bertz CT molecular complexity index is 495. The van der Waals surface area contributed by atoms with Gasteiger partial charge in [-0.05, 0) is 37.5 Å². The van der Waals surface area contributed by atoms with E-state index in [1.54, 1.807) is 24.3 Å². The minimum absolute atomic E-state index is 0.0805. The maximum absolute atomic E-state index is 12.2. The zero-order chi connectivity index (χ0) is 14.6. The Morgan fingerprint density at radius 2 is 1.68 bits per heavy atom. The summed E-state index contributed by atoms with van der Waals surface area (Å²) in [5.74, 6) is 0.304. The quantitative estimate of drug-likeness (QED) is 0.842. The van der Waals surface area contributed by atoms with Gasteiger partial charge in [-0.1, -0.05) is 32.4 Å². The highest BCUT2D eigenvalue weighted by Gasteiger charge is 2.20. The summed E-state index contributed by atoms with van der Waals surface area (Å²) in [7, 11) is -3.45. The molecule has 0 aliphatic heterocycles. The molecule has 0 aliphatic carbocycles. The maximum atomic E-state index is 12.2. The first-order valence-corrected chi connectivity index (χ1v) is 8.14. The van der Waals surface area contributed by atoms with E-state index in [9.17, 15) is 8.42 Å². The lowest BCUT2D eigenvalue weighted by Gasteiger charge is -2.20. The van der Waals surface area contributed by atoms with E-state index in [0.717, 1.165) is 12.0 Å². The van der Waals surface area contributed by atoms with Crippen molar-refractivity contribution in [1.29, 1.82) is 0 Å². The highest BCUT2D eigenvalue weighted by atomic mass is 32.2. The largest absolute Gasteiger partial charge is 0.324 e. The molecular weight excluding hydrogens is 260 g/mol. The first kappa shape index (κ1) is 16.1. The van der Waals surface area contributed by atoms with Gasteiger partial charge in [-0.15, -0.1) is 0 Å². The molecule has 3 unspecified atom stereocenters. The van der Waals surface area contributed by atoms with E-state index >= 15 is 0 Å². The standard InChI is InChI=1S/C14H24N2O2S/c1-5-10(2)12(4)16-19(17,18)14-8-6-13(7-9-14)11(3)15/h6-12,16H,5,15H2,1-4H3. The predicted octanol–water partition coefficient (Wildman–Crippen LogP) is 2.42. The van der Waals surface area contributed by atoms with Gasteiger partial charge in [0.2, 0.25) is 10.0 Å². The van der Waals surface area contributed by atoms with Gasteiger partial charge in [0.05, 0.1) is 4.90 Å². The van der Waals surface area contributed by atoms with Crippen LogP contribution in [0.4, 0.5) is 0 Å². The van der Waals surface area contributed by atoms with Crippen molar-refractivity contribution in [3.63, 3.8) is 0 Å². The summed E-state index contributed by atoms with van der Waals surface area (Å²) in [5.41, 5.74) is 6.67. The number of hydrogen-bond donors (Lipinski definition) is 2. The number of hydrogen-bond acceptors (Lipinski definition) is 3. The highest BCUT2D eigenvalue weighted by Crippen LogP contribution is 2.16. The normalized spacial score (nSPS) is 16.9. The summed E-state index contributed by atoms with van der Waals surface area (Å²) < 4.78 is 27.1. The fourth-order valence-corrected chi connectivity index (χ4v) is 3.09. The smallest absolute Gasteiger partial charge is 0.240 e. The van der Waals surface area contributed by atoms with Crippen LogP contribution in [0, 0.1) is 5.92 Å². The molecule has 3 N–H and O–H groups in total. The first-order valence-electron chi connectivity index (χ1n) is 6.65. The maximum Gasteiger partial charge on any atom is 0.240 e. The minimum atomic E-state index is -3.45. The Morgan fingerprint density at radius 3 is 2.11 bits per heavy atom. The highest BCUT2D eigenvalue weighted by molar-refractivity contribution is 7.89. The van der Waals surface area contributed by atoms with Gasteiger partial charge >= 0.3 is 0 Å². The van der Waals surface area contributed by atoms with Crippen molar-refractivity contribution in [2.45, 2.75) is 51.1 Å². The van der Waals surface area contributed by atoms with E-state index in [1.165, 1.54) is 0 Å². The third-order valence-corrected chi connectivity index (χ3v) is 5.13. The van der Waals surface area contributed by atoms with Gasteiger partial charge in [0, 0.05) is 12.1 Å². The van der Waals surface area contributed by atoms with Crippen molar-refractivity contribution in [2.75, 3.05) is 0 Å². The summed E-state index contributed by atoms with van der Waals surface area (Å²) in [4.78, 5) is 0.284. The Labute approximate surface area is 116 Å². The second-order valence-electron chi connectivity index (χ2n) is 5.15. The SMILES string of the molecule is CCC(C)C(C)NS(=O)(=O)c1ccc(C(C)N)cc1. The molecule has 0 radical (unpaired) electrons. The molecule has 4 nitrogen and oxygen atoms in total. The summed E-state index contributed by atoms with van der Waals surface area (Å²) >= 11 is 0. The van der Waals surface area contributed by atoms with E-state index in [-0.39, 0.29) is 17.0 Å². The van der Waals surface area contributed by atoms with E-state index in [4.69, 9.17) is 5.73 Å². The first-order chi connectivity index (χ1) is 8.77. The Hall–Kier alpha value is -0.910. The molecule has 0 heterocycles. The fraction of sp³-hybridized carbons (Fsp3) is 0.571. The molecule has 0 saturated carbocycles. The van der Waals surface area contributed by atoms with E-state index in [2.05, 4.69) is 4.72 Å². The molecule has 0 amide bonds. The molecule has 1 rings (SSSR count). The molecule has 1 aromatic carbocycles. The lowest BCUT2D eigenvalue weighted by atomic mass is 10.0. The van der Waals surface area contributed by atoms with Gasteiger partial charge in [-0.3, -0.25) is 0 Å². The van der Waals surface area contributed by atoms with E-state index in [0.29, 0.717) is 5.92 Å². The third-order valence-electron chi connectivity index (χ3n) is 3.55. The van der Waals surface area contributed by atoms with Gasteiger partial charge in [-0.2, -0.15) is 0 Å². The van der Waals surface area contributed by atoms with Crippen LogP contribution in [0.1, 0.15) is 45.7 Å². The lowest BCUT2D eigenvalue weighted by molar-refractivity contribution is 0.434. The van der Waals surface area contributed by atoms with Crippen LogP contribution in [-0.4, -0.2) is 14.5 Å². The van der Waals surface area contributed by atoms with Gasteiger partial charge in [0.15, 0.2) is 0 Å². The van der Waals surface area contributed by atoms with Crippen LogP contribution in [0.5, 0.6) is 0 Å². The molecule has 0 spiro atoms. The third kappa shape index (κ3) is 4.30. The summed E-state index contributed by atoms with van der Waals surface area (Å²) in [6, 6.07) is 6.54. The van der Waals surface area contributed by atoms with Crippen LogP contribution in [0.2, 0.25) is 0 Å². The zero-order valence-corrected chi connectivity index (χ0v) is 12.9. The summed E-state index contributed by atoms with van der Waals surface area (Å²) in [6.07, 6.45) is 0.938. The van der Waals surface area contributed by atoms with Crippen molar-refractivity contribution in [3.05, 3.63) is 29.8 Å². The molecule has 1 aromatic rings. The number of benzene rings is 1. The van der Waals surface area contributed by atoms with Crippen LogP contribution >= 0.6 is 0 Å². The Morgan fingerprint density at radius 1 is 1.16 bits per heavy atom. The zero-order valence-electron chi connectivity index (χ0n) is 12.1. The van der Waals surface area contributed by atoms with Crippen molar-refractivity contribution in [3.8, 4) is 0 Å². The molecule has 0 fully saturated rings. The number of nitrogens with one attached hydrogen (secondary N) is 1. The van der Waals surface area contributed by atoms with Crippen molar-refractivity contribution >= 4 is 10.0 Å². The van der Waals surface area contributed by atoms with Crippen LogP contribution in [0.3, 0.4) is 0 Å². The van der Waals surface area contributed by atoms with Crippen molar-refractivity contribution in [1.82, 2.24) is 4.72 Å². The minimum Gasteiger partial charge on any atom is -0.324 e. The second-order valence-corrected chi connectivity index (χ2v) is 6.87. The topological polar surface area (TPSA) is 72.2 Å². The predicted molar refractivity (Wildman–Crippen MR) is 78.3 cm³/mol. The molecule has 5 heteroatoms. The molecule has 0 saturated heterocycles. The number of nitrogens with two attached hydrogens (primary N) is 1. The van der Waals surface area contributed by atoms with Gasteiger partial charge < -0.3 is 5.73 Å². The molecule has 0 bridgehead atoms. The monoisotopic (exact) mass is 284 g/mol. The Balaban J connectivity index is 2.88. The van der Waals surface area contributed by atoms with Gasteiger partial charge in [-0.25, -0.2) is 13.1 Å². The number of sulfonamides is 1. The van der Waals surface area contributed by atoms with Gasteiger partial charge in [0.1, 0.15) is 0 Å². The van der Waals surface area contributed by atoms with Gasteiger partial charge in [0.25, 0.3) is 0 Å². The average molecular weight is 284 g/mol. The second kappa shape index (κ2) is 6.50. The molecule has 0 aromatic heterocycles. The Kier molecular flexibility index (Phi) is 5.52. The molecular formula is C14H24N2O2S. The number of rotatable bonds is 6. The average Bonchev–Trinajstić information content (AvgIpc) is 2.37. The summed E-state index contributed by atoms with van der Waals surface area (Å²) in [5, 5.41) is 0. The van der Waals surface area contributed by atoms with E-state index in [1.807, 2.05) is 27.7 Å². The fourth-order valence-electron chi connectivity index (χ4n) is 1.73. The van der Waals surface area contributed by atoms with Crippen LogP contribution in [-0.2, 0) is 10.0 Å². The van der Waals surface area contributed by atoms with Crippen LogP contribution in [0.15, 0.2) is 29.2 Å².